The highest BCUT2D eigenvalue weighted by molar-refractivity contribution is 5.78. The van der Waals surface area contributed by atoms with E-state index in [4.69, 9.17) is 0 Å². The summed E-state index contributed by atoms with van der Waals surface area (Å²) in [5.41, 5.74) is 4.19. The zero-order chi connectivity index (χ0) is 17.9. The molecule has 0 spiro atoms. The molecule has 1 aliphatic rings. The van der Waals surface area contributed by atoms with Gasteiger partial charge in [0.2, 0.25) is 0 Å². The quantitative estimate of drug-likeness (QED) is 0.755. The number of benzene rings is 2. The number of hydrogen-bond donors (Lipinski definition) is 2. The number of nitrogens with one attached hydrogen (secondary N) is 2. The van der Waals surface area contributed by atoms with Gasteiger partial charge in [0.15, 0.2) is 0 Å². The number of rotatable bonds is 4. The Morgan fingerprint density at radius 3 is 2.85 bits per heavy atom. The minimum atomic E-state index is 0.303. The number of nitrogens with zero attached hydrogens (tertiary/aromatic N) is 3. The Hall–Kier alpha value is -2.84. The molecule has 0 saturated carbocycles. The average Bonchev–Trinajstić information content (AvgIpc) is 3.16. The summed E-state index contributed by atoms with van der Waals surface area (Å²) in [7, 11) is 0. The fourth-order valence-electron chi connectivity index (χ4n) is 3.81. The summed E-state index contributed by atoms with van der Waals surface area (Å²) in [6.45, 7) is 4.17. The van der Waals surface area contributed by atoms with E-state index in [-0.39, 0.29) is 0 Å². The Balaban J connectivity index is 1.38. The van der Waals surface area contributed by atoms with E-state index in [0.29, 0.717) is 12.1 Å². The van der Waals surface area contributed by atoms with Crippen molar-refractivity contribution in [3.05, 3.63) is 59.8 Å². The van der Waals surface area contributed by atoms with Gasteiger partial charge in [0, 0.05) is 30.6 Å². The van der Waals surface area contributed by atoms with Gasteiger partial charge in [0.25, 0.3) is 0 Å². The van der Waals surface area contributed by atoms with Crippen LogP contribution in [-0.2, 0) is 0 Å². The molecule has 5 nitrogen and oxygen atoms in total. The van der Waals surface area contributed by atoms with Crippen molar-refractivity contribution >= 4 is 16.6 Å². The van der Waals surface area contributed by atoms with E-state index >= 15 is 0 Å². The maximum absolute atomic E-state index is 9.31. The number of hydrogen-bond acceptors (Lipinski definition) is 4. The normalized spacial score (nSPS) is 16.5. The molecule has 1 fully saturated rings. The molecule has 2 N–H and O–H groups in total. The van der Waals surface area contributed by atoms with E-state index in [1.165, 1.54) is 5.56 Å². The van der Waals surface area contributed by atoms with Crippen LogP contribution in [0.5, 0.6) is 0 Å². The lowest BCUT2D eigenvalue weighted by molar-refractivity contribution is 0.381. The molecule has 3 aromatic rings. The van der Waals surface area contributed by atoms with E-state index in [1.54, 1.807) is 0 Å². The summed E-state index contributed by atoms with van der Waals surface area (Å²) < 4.78 is 0. The van der Waals surface area contributed by atoms with Crippen LogP contribution in [0.3, 0.4) is 0 Å². The Labute approximate surface area is 153 Å². The minimum absolute atomic E-state index is 0.303. The first-order valence-corrected chi connectivity index (χ1v) is 9.18. The van der Waals surface area contributed by atoms with Crippen molar-refractivity contribution in [1.29, 1.82) is 5.26 Å². The maximum Gasteiger partial charge on any atom is 0.101 e. The standard InChI is InChI=1S/C21H23N5/c1-15(16-6-7-20-18(12-16)14-23-25-20)24-19-8-10-26(11-9-19)21-5-3-2-4-17(21)13-22/h2-7,12,14-15,19,24H,8-11H2,1H3,(H,23,25). The van der Waals surface area contributed by atoms with Crippen molar-refractivity contribution in [2.75, 3.05) is 18.0 Å². The SMILES string of the molecule is CC(NC1CCN(c2ccccc2C#N)CC1)c1ccc2[nH]ncc2c1. The van der Waals surface area contributed by atoms with Crippen LogP contribution in [0, 0.1) is 11.3 Å². The van der Waals surface area contributed by atoms with E-state index in [9.17, 15) is 5.26 Å². The molecule has 0 radical (unpaired) electrons. The molecule has 1 atom stereocenters. The van der Waals surface area contributed by atoms with Crippen LogP contribution >= 0.6 is 0 Å². The number of aromatic nitrogens is 2. The highest BCUT2D eigenvalue weighted by Crippen LogP contribution is 2.25. The molecular weight excluding hydrogens is 322 g/mol. The average molecular weight is 345 g/mol. The van der Waals surface area contributed by atoms with E-state index in [0.717, 1.165) is 48.1 Å². The Bertz CT molecular complexity index is 931. The molecule has 0 amide bonds. The van der Waals surface area contributed by atoms with Crippen LogP contribution < -0.4 is 10.2 Å². The number of piperidine rings is 1. The van der Waals surface area contributed by atoms with Gasteiger partial charge in [-0.1, -0.05) is 18.2 Å². The van der Waals surface area contributed by atoms with Gasteiger partial charge in [0.05, 0.1) is 23.0 Å². The first-order chi connectivity index (χ1) is 12.7. The second-order valence-electron chi connectivity index (χ2n) is 7.00. The first-order valence-electron chi connectivity index (χ1n) is 9.18. The van der Waals surface area contributed by atoms with Gasteiger partial charge in [-0.25, -0.2) is 0 Å². The van der Waals surface area contributed by atoms with Crippen LogP contribution in [-0.4, -0.2) is 29.3 Å². The third-order valence-corrected chi connectivity index (χ3v) is 5.31. The summed E-state index contributed by atoms with van der Waals surface area (Å²) in [5.74, 6) is 0. The fourth-order valence-corrected chi connectivity index (χ4v) is 3.81. The monoisotopic (exact) mass is 345 g/mol. The fraction of sp³-hybridized carbons (Fsp3) is 0.333. The summed E-state index contributed by atoms with van der Waals surface area (Å²) in [5, 5.41) is 21.3. The van der Waals surface area contributed by atoms with Crippen molar-refractivity contribution in [2.24, 2.45) is 0 Å². The molecular formula is C21H23N5. The molecule has 1 saturated heterocycles. The van der Waals surface area contributed by atoms with Crippen LogP contribution in [0.2, 0.25) is 0 Å². The van der Waals surface area contributed by atoms with Crippen molar-refractivity contribution < 1.29 is 0 Å². The molecule has 2 aromatic carbocycles. The van der Waals surface area contributed by atoms with Crippen LogP contribution in [0.1, 0.15) is 36.9 Å². The highest BCUT2D eigenvalue weighted by atomic mass is 15.2. The summed E-state index contributed by atoms with van der Waals surface area (Å²) in [6, 6.07) is 17.4. The van der Waals surface area contributed by atoms with Crippen LogP contribution in [0.15, 0.2) is 48.7 Å². The molecule has 26 heavy (non-hydrogen) atoms. The maximum atomic E-state index is 9.31. The third-order valence-electron chi connectivity index (χ3n) is 5.31. The number of anilines is 1. The number of nitriles is 1. The lowest BCUT2D eigenvalue weighted by Crippen LogP contribution is -2.43. The summed E-state index contributed by atoms with van der Waals surface area (Å²) in [6.07, 6.45) is 4.03. The Kier molecular flexibility index (Phi) is 4.59. The van der Waals surface area contributed by atoms with E-state index in [2.05, 4.69) is 57.7 Å². The largest absolute Gasteiger partial charge is 0.370 e. The van der Waals surface area contributed by atoms with Gasteiger partial charge >= 0.3 is 0 Å². The van der Waals surface area contributed by atoms with Gasteiger partial charge in [-0.15, -0.1) is 0 Å². The zero-order valence-electron chi connectivity index (χ0n) is 14.9. The molecule has 0 bridgehead atoms. The number of para-hydroxylation sites is 1. The van der Waals surface area contributed by atoms with Crippen molar-refractivity contribution in [3.8, 4) is 6.07 Å². The molecule has 132 valence electrons. The van der Waals surface area contributed by atoms with E-state index in [1.807, 2.05) is 24.4 Å². The second-order valence-corrected chi connectivity index (χ2v) is 7.00. The number of aromatic amines is 1. The lowest BCUT2D eigenvalue weighted by Gasteiger charge is -2.35. The first kappa shape index (κ1) is 16.6. The minimum Gasteiger partial charge on any atom is -0.370 e. The van der Waals surface area contributed by atoms with Crippen LogP contribution in [0.4, 0.5) is 5.69 Å². The van der Waals surface area contributed by atoms with Gasteiger partial charge in [0.1, 0.15) is 6.07 Å². The molecule has 1 aliphatic heterocycles. The van der Waals surface area contributed by atoms with Gasteiger partial charge in [-0.05, 0) is 49.6 Å². The molecule has 5 heteroatoms. The predicted molar refractivity (Wildman–Crippen MR) is 104 cm³/mol. The zero-order valence-corrected chi connectivity index (χ0v) is 14.9. The number of fused-ring (bicyclic) bond motifs is 1. The molecule has 4 rings (SSSR count). The lowest BCUT2D eigenvalue weighted by atomic mass is 10.00. The number of H-pyrrole nitrogens is 1. The summed E-state index contributed by atoms with van der Waals surface area (Å²) >= 11 is 0. The molecule has 0 aliphatic carbocycles. The molecule has 1 unspecified atom stereocenters. The Morgan fingerprint density at radius 2 is 2.04 bits per heavy atom. The van der Waals surface area contributed by atoms with Crippen molar-refractivity contribution in [3.63, 3.8) is 0 Å². The van der Waals surface area contributed by atoms with Crippen LogP contribution in [0.25, 0.3) is 10.9 Å². The smallest absolute Gasteiger partial charge is 0.101 e. The predicted octanol–water partition coefficient (Wildman–Crippen LogP) is 3.75. The highest BCUT2D eigenvalue weighted by Gasteiger charge is 2.22. The Morgan fingerprint density at radius 1 is 1.23 bits per heavy atom. The van der Waals surface area contributed by atoms with Crippen molar-refractivity contribution in [1.82, 2.24) is 15.5 Å². The van der Waals surface area contributed by atoms with Gasteiger partial charge in [-0.2, -0.15) is 10.4 Å². The van der Waals surface area contributed by atoms with Gasteiger partial charge < -0.3 is 10.2 Å². The van der Waals surface area contributed by atoms with Crippen molar-refractivity contribution in [2.45, 2.75) is 31.8 Å². The topological polar surface area (TPSA) is 67.7 Å². The third kappa shape index (κ3) is 3.29. The van der Waals surface area contributed by atoms with Gasteiger partial charge in [-0.3, -0.25) is 5.10 Å². The molecule has 1 aromatic heterocycles. The van der Waals surface area contributed by atoms with E-state index < -0.39 is 0 Å². The molecule has 2 heterocycles. The summed E-state index contributed by atoms with van der Waals surface area (Å²) in [4.78, 5) is 2.33. The second kappa shape index (κ2) is 7.19.